The zero-order chi connectivity index (χ0) is 13.3. The Kier molecular flexibility index (Phi) is 3.13. The Labute approximate surface area is 111 Å². The van der Waals surface area contributed by atoms with Crippen LogP contribution in [0, 0.1) is 0 Å². The molecule has 1 aromatic heterocycles. The monoisotopic (exact) mass is 281 g/mol. The molecule has 2 aromatic rings. The van der Waals surface area contributed by atoms with Gasteiger partial charge in [-0.1, -0.05) is 0 Å². The highest BCUT2D eigenvalue weighted by molar-refractivity contribution is 7.90. The van der Waals surface area contributed by atoms with E-state index in [2.05, 4.69) is 20.2 Å². The zero-order valence-corrected chi connectivity index (χ0v) is 11.1. The number of anilines is 1. The second kappa shape index (κ2) is 4.80. The zero-order valence-electron chi connectivity index (χ0n) is 10.3. The number of hydrogen-bond donors (Lipinski definition) is 3. The quantitative estimate of drug-likeness (QED) is 0.745. The summed E-state index contributed by atoms with van der Waals surface area (Å²) in [6, 6.07) is 5.29. The molecule has 0 aliphatic carbocycles. The van der Waals surface area contributed by atoms with Crippen LogP contribution in [0.3, 0.4) is 0 Å². The Morgan fingerprint density at radius 1 is 1.26 bits per heavy atom. The second-order valence-electron chi connectivity index (χ2n) is 4.43. The molecule has 3 rings (SSSR count). The van der Waals surface area contributed by atoms with Crippen LogP contribution in [0.25, 0.3) is 10.9 Å². The van der Waals surface area contributed by atoms with Crippen molar-refractivity contribution in [2.24, 2.45) is 0 Å². The van der Waals surface area contributed by atoms with Gasteiger partial charge in [0.05, 0.1) is 17.4 Å². The van der Waals surface area contributed by atoms with Crippen molar-refractivity contribution in [1.82, 2.24) is 19.8 Å². The van der Waals surface area contributed by atoms with E-state index in [1.165, 1.54) is 4.31 Å². The summed E-state index contributed by atoms with van der Waals surface area (Å²) in [5.74, 6) is 0. The fourth-order valence-corrected chi connectivity index (χ4v) is 3.32. The Balaban J connectivity index is 1.82. The third kappa shape index (κ3) is 2.55. The van der Waals surface area contributed by atoms with E-state index in [1.54, 1.807) is 24.4 Å². The van der Waals surface area contributed by atoms with Gasteiger partial charge >= 0.3 is 10.2 Å². The number of fused-ring (bicyclic) bond motifs is 1. The summed E-state index contributed by atoms with van der Waals surface area (Å²) in [5.41, 5.74) is 1.43. The lowest BCUT2D eigenvalue weighted by molar-refractivity contribution is 0.362. The first-order valence-electron chi connectivity index (χ1n) is 6.07. The van der Waals surface area contributed by atoms with Crippen molar-refractivity contribution in [1.29, 1.82) is 0 Å². The van der Waals surface area contributed by atoms with E-state index in [0.29, 0.717) is 31.9 Å². The van der Waals surface area contributed by atoms with E-state index in [4.69, 9.17) is 0 Å². The molecule has 1 fully saturated rings. The van der Waals surface area contributed by atoms with Crippen LogP contribution in [0.4, 0.5) is 5.69 Å². The second-order valence-corrected chi connectivity index (χ2v) is 6.10. The molecule has 0 bridgehead atoms. The minimum atomic E-state index is -3.48. The van der Waals surface area contributed by atoms with Gasteiger partial charge in [-0.15, -0.1) is 0 Å². The lowest BCUT2D eigenvalue weighted by Gasteiger charge is -2.26. The van der Waals surface area contributed by atoms with Gasteiger partial charge in [0.1, 0.15) is 0 Å². The third-order valence-corrected chi connectivity index (χ3v) is 4.64. The van der Waals surface area contributed by atoms with Crippen molar-refractivity contribution in [2.45, 2.75) is 0 Å². The summed E-state index contributed by atoms with van der Waals surface area (Å²) >= 11 is 0. The largest absolute Gasteiger partial charge is 0.314 e. The number of nitrogens with zero attached hydrogens (tertiary/aromatic N) is 2. The number of aromatic amines is 1. The number of benzene rings is 1. The highest BCUT2D eigenvalue weighted by atomic mass is 32.2. The number of H-pyrrole nitrogens is 1. The van der Waals surface area contributed by atoms with E-state index in [1.807, 2.05) is 0 Å². The van der Waals surface area contributed by atoms with Gasteiger partial charge in [-0.05, 0) is 18.2 Å². The average Bonchev–Trinajstić information content (AvgIpc) is 2.87. The fourth-order valence-electron chi connectivity index (χ4n) is 2.10. The molecule has 2 heterocycles. The first-order valence-corrected chi connectivity index (χ1v) is 7.51. The summed E-state index contributed by atoms with van der Waals surface area (Å²) in [6.07, 6.45) is 1.66. The lowest BCUT2D eigenvalue weighted by atomic mass is 10.2. The molecule has 1 aromatic carbocycles. The molecule has 0 radical (unpaired) electrons. The molecule has 0 amide bonds. The summed E-state index contributed by atoms with van der Waals surface area (Å²) in [7, 11) is -3.48. The van der Waals surface area contributed by atoms with Crippen LogP contribution in [0.5, 0.6) is 0 Å². The molecular weight excluding hydrogens is 266 g/mol. The summed E-state index contributed by atoms with van der Waals surface area (Å²) in [4.78, 5) is 0. The van der Waals surface area contributed by atoms with Gasteiger partial charge in [0, 0.05) is 31.6 Å². The van der Waals surface area contributed by atoms with Crippen molar-refractivity contribution in [2.75, 3.05) is 30.9 Å². The smallest absolute Gasteiger partial charge is 0.301 e. The van der Waals surface area contributed by atoms with Crippen LogP contribution in [-0.4, -0.2) is 49.1 Å². The number of aromatic nitrogens is 2. The molecule has 1 aliphatic rings. The average molecular weight is 281 g/mol. The Morgan fingerprint density at radius 3 is 2.84 bits per heavy atom. The molecule has 1 saturated heterocycles. The van der Waals surface area contributed by atoms with Gasteiger partial charge in [-0.25, -0.2) is 0 Å². The Morgan fingerprint density at radius 2 is 2.05 bits per heavy atom. The predicted molar refractivity (Wildman–Crippen MR) is 73.1 cm³/mol. The molecular formula is C11H15N5O2S. The molecule has 7 nitrogen and oxygen atoms in total. The summed E-state index contributed by atoms with van der Waals surface area (Å²) in [5, 5.41) is 10.7. The van der Waals surface area contributed by atoms with Crippen LogP contribution in [0.15, 0.2) is 24.4 Å². The van der Waals surface area contributed by atoms with Gasteiger partial charge < -0.3 is 5.32 Å². The number of piperazine rings is 1. The van der Waals surface area contributed by atoms with Gasteiger partial charge in [0.2, 0.25) is 0 Å². The summed E-state index contributed by atoms with van der Waals surface area (Å²) in [6.45, 7) is 2.34. The number of rotatable bonds is 3. The standard InChI is InChI=1S/C11H15N5O2S/c17-19(18,16-5-3-12-4-6-16)15-10-1-2-11-9(7-10)8-13-14-11/h1-2,7-8,12,15H,3-6H2,(H,13,14). The van der Waals surface area contributed by atoms with E-state index >= 15 is 0 Å². The van der Waals surface area contributed by atoms with Gasteiger partial charge in [0.15, 0.2) is 0 Å². The van der Waals surface area contributed by atoms with Gasteiger partial charge in [-0.2, -0.15) is 17.8 Å². The topological polar surface area (TPSA) is 90.1 Å². The molecule has 3 N–H and O–H groups in total. The van der Waals surface area contributed by atoms with E-state index in [0.717, 1.165) is 10.9 Å². The van der Waals surface area contributed by atoms with Crippen LogP contribution in [0.1, 0.15) is 0 Å². The molecule has 0 spiro atoms. The van der Waals surface area contributed by atoms with E-state index in [9.17, 15) is 8.42 Å². The normalized spacial score (nSPS) is 17.7. The first kappa shape index (κ1) is 12.4. The van der Waals surface area contributed by atoms with E-state index < -0.39 is 10.2 Å². The van der Waals surface area contributed by atoms with Gasteiger partial charge in [0.25, 0.3) is 0 Å². The fraction of sp³-hybridized carbons (Fsp3) is 0.364. The molecule has 8 heteroatoms. The maximum Gasteiger partial charge on any atom is 0.301 e. The van der Waals surface area contributed by atoms with Crippen molar-refractivity contribution in [3.05, 3.63) is 24.4 Å². The van der Waals surface area contributed by atoms with Gasteiger partial charge in [-0.3, -0.25) is 9.82 Å². The highest BCUT2D eigenvalue weighted by Gasteiger charge is 2.23. The minimum Gasteiger partial charge on any atom is -0.314 e. The summed E-state index contributed by atoms with van der Waals surface area (Å²) < 4.78 is 28.4. The van der Waals surface area contributed by atoms with Crippen LogP contribution < -0.4 is 10.0 Å². The number of nitrogens with one attached hydrogen (secondary N) is 3. The first-order chi connectivity index (χ1) is 9.15. The molecule has 0 unspecified atom stereocenters. The van der Waals surface area contributed by atoms with Crippen molar-refractivity contribution < 1.29 is 8.42 Å². The maximum absolute atomic E-state index is 12.2. The molecule has 19 heavy (non-hydrogen) atoms. The van der Waals surface area contributed by atoms with Crippen LogP contribution in [0.2, 0.25) is 0 Å². The van der Waals surface area contributed by atoms with Crippen molar-refractivity contribution in [3.8, 4) is 0 Å². The molecule has 1 aliphatic heterocycles. The Bertz CT molecular complexity index is 675. The Hall–Kier alpha value is -1.64. The van der Waals surface area contributed by atoms with Crippen LogP contribution >= 0.6 is 0 Å². The SMILES string of the molecule is O=S(=O)(Nc1ccc2[nH]ncc2c1)N1CCNCC1. The van der Waals surface area contributed by atoms with Crippen molar-refractivity contribution >= 4 is 26.8 Å². The number of hydrogen-bond acceptors (Lipinski definition) is 4. The lowest BCUT2D eigenvalue weighted by Crippen LogP contribution is -2.48. The minimum absolute atomic E-state index is 0.489. The molecule has 0 atom stereocenters. The van der Waals surface area contributed by atoms with Crippen LogP contribution in [-0.2, 0) is 10.2 Å². The molecule has 0 saturated carbocycles. The maximum atomic E-state index is 12.2. The highest BCUT2D eigenvalue weighted by Crippen LogP contribution is 2.18. The predicted octanol–water partition coefficient (Wildman–Crippen LogP) is 0.125. The van der Waals surface area contributed by atoms with Crippen molar-refractivity contribution in [3.63, 3.8) is 0 Å². The molecule has 102 valence electrons. The van der Waals surface area contributed by atoms with E-state index in [-0.39, 0.29) is 0 Å². The third-order valence-electron chi connectivity index (χ3n) is 3.10.